The summed E-state index contributed by atoms with van der Waals surface area (Å²) in [7, 11) is -4.53. The van der Waals surface area contributed by atoms with E-state index >= 15 is 0 Å². The molecule has 755 valence electrons. The van der Waals surface area contributed by atoms with E-state index in [1.165, 1.54) is 165 Å². The number of aryl methyl sites for hydroxylation is 5. The maximum atomic E-state index is 13.4. The van der Waals surface area contributed by atoms with Gasteiger partial charge in [0.1, 0.15) is 11.5 Å². The van der Waals surface area contributed by atoms with Crippen LogP contribution in [0.5, 0.6) is 0 Å². The Morgan fingerprint density at radius 1 is 0.394 bits per heavy atom. The van der Waals surface area contributed by atoms with Crippen molar-refractivity contribution >= 4 is 89.8 Å². The van der Waals surface area contributed by atoms with Crippen LogP contribution in [-0.4, -0.2) is 71.8 Å². The van der Waals surface area contributed by atoms with E-state index in [9.17, 15) is 24.6 Å². The van der Waals surface area contributed by atoms with E-state index in [0.29, 0.717) is 35.7 Å². The Morgan fingerprint density at radius 2 is 0.718 bits per heavy atom. The van der Waals surface area contributed by atoms with E-state index in [2.05, 4.69) is 333 Å². The van der Waals surface area contributed by atoms with Crippen LogP contribution in [0, 0.1) is 111 Å². The van der Waals surface area contributed by atoms with Gasteiger partial charge < -0.3 is 15.3 Å². The second-order valence-electron chi connectivity index (χ2n) is 47.1. The average molecular weight is 2480 g/mol. The first-order valence-electron chi connectivity index (χ1n) is 52.5. The minimum atomic E-state index is -1.53. The van der Waals surface area contributed by atoms with Crippen molar-refractivity contribution in [1.82, 2.24) is 15.0 Å². The summed E-state index contributed by atoms with van der Waals surface area (Å²) in [6, 6.07) is 82.7. The van der Waals surface area contributed by atoms with Crippen molar-refractivity contribution in [1.29, 1.82) is 0 Å². The van der Waals surface area contributed by atoms with Crippen molar-refractivity contribution in [3.8, 4) is 67.2 Å². The molecule has 0 aliphatic heterocycles. The van der Waals surface area contributed by atoms with E-state index in [-0.39, 0.29) is 106 Å². The maximum Gasteiger partial charge on any atom is 0.165 e. The van der Waals surface area contributed by atoms with Crippen molar-refractivity contribution in [2.24, 2.45) is 58.2 Å². The van der Waals surface area contributed by atoms with Crippen LogP contribution >= 0.6 is 0 Å². The predicted octanol–water partition coefficient (Wildman–Crippen LogP) is 32.4. The predicted molar refractivity (Wildman–Crippen MR) is 592 cm³/mol. The molecule has 12 aromatic rings. The number of ketones is 3. The van der Waals surface area contributed by atoms with Crippen molar-refractivity contribution in [2.75, 3.05) is 0 Å². The Labute approximate surface area is 893 Å². The van der Waals surface area contributed by atoms with Gasteiger partial charge in [0.2, 0.25) is 0 Å². The number of aromatic nitrogens is 3. The minimum Gasteiger partial charge on any atom is -0.512 e. The number of carbonyl (C=O) groups excluding carboxylic acids is 3. The Kier molecular flexibility index (Phi) is 37.9. The summed E-state index contributed by atoms with van der Waals surface area (Å²) in [4.78, 5) is 51.4. The van der Waals surface area contributed by atoms with Crippen LogP contribution in [-0.2, 0) is 80.1 Å². The first kappa shape index (κ1) is 112. The number of carbonyl (C=O) groups is 3. The SMILES string of the molecule is CC(C(=O)C1CCCCC1)=C(O)C1CCCCC1.CCC(=O)C=C(O)CC.Cc1[c-]c(-c2ccc3cc([Si](C)(C)C)c(-c4ccccc4)cc3n2)cc(C(C)(C)C)c1.Cc1[c-]c(-c2ccc3cc([Si](C)(C)C)c(-c4ccccc4)cc3n2)cc(C)c1.Cc1[c-]c(-c2ccc3cc([Si](C)(C)C)c(-c4ccccc4)cc3n2)cc(C)c1.O=C(C=C(O)C12CC3CC(CC(C3)C1)C2)C12CC3CC(CC(C3)C1)C2.[Ir].[Ir].[Ir]. The second kappa shape index (κ2) is 48.0. The van der Waals surface area contributed by atoms with E-state index in [0.717, 1.165) is 167 Å². The van der Waals surface area contributed by atoms with Gasteiger partial charge in [-0.25, -0.2) is 0 Å². The Bertz CT molecular complexity index is 6240. The zero-order chi connectivity index (χ0) is 99.2. The summed E-state index contributed by atoms with van der Waals surface area (Å²) in [5.41, 5.74) is 25.0. The number of aliphatic hydroxyl groups excluding tert-OH is 3. The van der Waals surface area contributed by atoms with Gasteiger partial charge in [-0.1, -0.05) is 328 Å². The number of pyridine rings is 3. The number of hydrogen-bond acceptors (Lipinski definition) is 9. The molecule has 10 aliphatic carbocycles. The second-order valence-corrected chi connectivity index (χ2v) is 62.2. The number of Topliss-reactive ketones (excluding diaryl/α,β-unsaturated/α-hetero) is 1. The quantitative estimate of drug-likeness (QED) is 0.0330. The fourth-order valence-corrected chi connectivity index (χ4v) is 29.7. The molecule has 0 saturated heterocycles. The summed E-state index contributed by atoms with van der Waals surface area (Å²) in [5, 5.41) is 38.3. The molecule has 22 rings (SSSR count). The molecule has 3 aromatic heterocycles. The van der Waals surface area contributed by atoms with E-state index in [4.69, 9.17) is 20.1 Å². The zero-order valence-corrected chi connectivity index (χ0v) is 98.4. The van der Waals surface area contributed by atoms with Crippen LogP contribution in [0.3, 0.4) is 0 Å². The van der Waals surface area contributed by atoms with Gasteiger partial charge >= 0.3 is 0 Å². The van der Waals surface area contributed by atoms with Gasteiger partial charge in [-0.3, -0.25) is 29.3 Å². The molecule has 10 saturated carbocycles. The van der Waals surface area contributed by atoms with Gasteiger partial charge in [-0.05, 0) is 235 Å². The first-order chi connectivity index (χ1) is 66.1. The molecule has 15 heteroatoms. The number of rotatable bonds is 18. The molecule has 3 N–H and O–H groups in total. The molecule has 0 amide bonds. The zero-order valence-electron chi connectivity index (χ0n) is 88.2. The smallest absolute Gasteiger partial charge is 0.165 e. The summed E-state index contributed by atoms with van der Waals surface area (Å²) >= 11 is 0. The fourth-order valence-electron chi connectivity index (χ4n) is 24.9. The minimum absolute atomic E-state index is 0. The van der Waals surface area contributed by atoms with Crippen molar-refractivity contribution in [3.05, 3.63) is 287 Å². The molecule has 9 aromatic carbocycles. The van der Waals surface area contributed by atoms with Crippen LogP contribution in [0.4, 0.5) is 0 Å². The fraction of sp³-hybridized carbons (Fsp3) is 0.433. The number of aliphatic hydroxyl groups is 3. The largest absolute Gasteiger partial charge is 0.512 e. The molecule has 3 radical (unpaired) electrons. The van der Waals surface area contributed by atoms with Crippen molar-refractivity contribution < 1.29 is 90.0 Å². The third kappa shape index (κ3) is 27.6. The summed E-state index contributed by atoms with van der Waals surface area (Å²) < 4.78 is 0. The first-order valence-corrected chi connectivity index (χ1v) is 63.0. The molecule has 10 fully saturated rings. The van der Waals surface area contributed by atoms with Gasteiger partial charge in [-0.15, -0.1) is 105 Å². The van der Waals surface area contributed by atoms with Gasteiger partial charge in [0.15, 0.2) is 17.3 Å². The topological polar surface area (TPSA) is 151 Å². The molecule has 3 heterocycles. The van der Waals surface area contributed by atoms with Crippen LogP contribution < -0.4 is 15.6 Å². The molecule has 0 unspecified atom stereocenters. The molecular weight excluding hydrogens is 2320 g/mol. The third-order valence-electron chi connectivity index (χ3n) is 31.3. The van der Waals surface area contributed by atoms with E-state index in [1.54, 1.807) is 19.9 Å². The van der Waals surface area contributed by atoms with Crippen LogP contribution in [0.1, 0.15) is 229 Å². The Balaban J connectivity index is 0.000000155. The van der Waals surface area contributed by atoms with Gasteiger partial charge in [0, 0.05) is 114 Å². The van der Waals surface area contributed by atoms with E-state index < -0.39 is 24.2 Å². The molecular formula is C127H154Ir3N3O6Si3-3. The molecule has 8 bridgehead atoms. The van der Waals surface area contributed by atoms with Gasteiger partial charge in [-0.2, -0.15) is 0 Å². The van der Waals surface area contributed by atoms with Crippen LogP contribution in [0.2, 0.25) is 58.9 Å². The summed E-state index contributed by atoms with van der Waals surface area (Å²) in [5.74, 6) is 6.85. The average Bonchev–Trinajstić information content (AvgIpc) is 0.726. The molecule has 0 atom stereocenters. The number of nitrogens with zero attached hydrogens (tertiary/aromatic N) is 3. The number of fused-ring (bicyclic) bond motifs is 3. The third-order valence-corrected chi connectivity index (χ3v) is 37.4. The van der Waals surface area contributed by atoms with Gasteiger partial charge in [0.25, 0.3) is 0 Å². The molecule has 0 spiro atoms. The number of benzene rings is 9. The standard InChI is InChI=1S/C29H32NSi.2C26H26NSi.C23H32O2.C16H26O2.C7H12O2.3Ir/c1-20-15-23(17-24(16-20)29(2,3)4)26-14-13-22-18-28(31(5,6)7)25(19-27(22)30-26)21-11-9-8-10-12-21;2*1-18-13-19(2)15-22(14-18)24-12-11-21-16-26(28(3,4)5)23(17-25(21)27-24)20-9-7-6-8-10-20;24-20(22-8-14-1-15(9-22)3-16(2-14)10-22)7-21(25)23-11-17-4-18(12-23)6-19(5-17)13-23;1-12(15(17)13-8-4-2-5-9-13)16(18)14-10-6-3-7-11-14;1-3-6(8)5-7(9)4-2;;;/h8-14,16-19H,1-7H3;2*6-14,16-17H,1-5H3;7,14-19,24H,1-6,8-13H2;13-14,17H,2-11H2,1H3;5,8H,3-4H2,1-2H3;;;/q3*-1;;;;;;. The van der Waals surface area contributed by atoms with Crippen LogP contribution in [0.15, 0.2) is 235 Å². The summed E-state index contributed by atoms with van der Waals surface area (Å²) in [6.07, 6.45) is 30.5. The molecule has 142 heavy (non-hydrogen) atoms. The Morgan fingerprint density at radius 3 is 1.04 bits per heavy atom. The van der Waals surface area contributed by atoms with Crippen molar-refractivity contribution in [2.45, 2.75) is 295 Å². The molecule has 9 nitrogen and oxygen atoms in total. The number of hydrogen-bond donors (Lipinski definition) is 3. The monoisotopic (exact) mass is 2480 g/mol. The summed E-state index contributed by atoms with van der Waals surface area (Å²) in [6.45, 7) is 44.4. The Hall–Kier alpha value is -8.56. The maximum absolute atomic E-state index is 13.4. The number of allylic oxidation sites excluding steroid dienone is 6. The van der Waals surface area contributed by atoms with E-state index in [1.807, 2.05) is 6.92 Å². The molecule has 10 aliphatic rings. The normalized spacial score (nSPS) is 21.0. The van der Waals surface area contributed by atoms with Crippen molar-refractivity contribution in [3.63, 3.8) is 0 Å². The van der Waals surface area contributed by atoms with Crippen LogP contribution in [0.25, 0.3) is 99.9 Å². The van der Waals surface area contributed by atoms with Gasteiger partial charge in [0.05, 0.1) is 46.5 Å².